The number of aliphatic hydroxyl groups excluding tert-OH is 4. The first-order valence-electron chi connectivity index (χ1n) is 5.78. The van der Waals surface area contributed by atoms with Gasteiger partial charge in [0.2, 0.25) is 0 Å². The zero-order valence-electron chi connectivity index (χ0n) is 10.2. The summed E-state index contributed by atoms with van der Waals surface area (Å²) in [6.07, 6.45) is -6.56. The van der Waals surface area contributed by atoms with Crippen molar-refractivity contribution in [2.24, 2.45) is 5.73 Å². The van der Waals surface area contributed by atoms with E-state index in [-0.39, 0.29) is 13.2 Å². The first-order chi connectivity index (χ1) is 8.88. The lowest BCUT2D eigenvalue weighted by Gasteiger charge is -2.43. The summed E-state index contributed by atoms with van der Waals surface area (Å²) in [5, 5.41) is 46.8. The SMILES string of the molecule is NCCOC1(C(=O)O)CC(O)C(O)C(C(O)CO)O1. The van der Waals surface area contributed by atoms with Crippen LogP contribution in [0.25, 0.3) is 0 Å². The van der Waals surface area contributed by atoms with E-state index in [9.17, 15) is 20.1 Å². The second kappa shape index (κ2) is 6.57. The Hall–Kier alpha value is -0.810. The molecule has 7 N–H and O–H groups in total. The molecule has 0 aromatic heterocycles. The van der Waals surface area contributed by atoms with Gasteiger partial charge >= 0.3 is 5.97 Å². The maximum atomic E-state index is 11.3. The zero-order chi connectivity index (χ0) is 14.6. The predicted molar refractivity (Wildman–Crippen MR) is 60.0 cm³/mol. The van der Waals surface area contributed by atoms with E-state index in [4.69, 9.17) is 25.4 Å². The molecular weight excluding hydrogens is 262 g/mol. The van der Waals surface area contributed by atoms with Crippen molar-refractivity contribution in [1.29, 1.82) is 0 Å². The Balaban J connectivity index is 2.96. The van der Waals surface area contributed by atoms with Crippen LogP contribution in [-0.4, -0.2) is 81.5 Å². The number of carbonyl (C=O) groups is 1. The van der Waals surface area contributed by atoms with Gasteiger partial charge in [-0.1, -0.05) is 0 Å². The lowest BCUT2D eigenvalue weighted by molar-refractivity contribution is -0.322. The van der Waals surface area contributed by atoms with Crippen molar-refractivity contribution >= 4 is 5.97 Å². The van der Waals surface area contributed by atoms with E-state index in [1.807, 2.05) is 0 Å². The molecule has 5 unspecified atom stereocenters. The average molecular weight is 281 g/mol. The summed E-state index contributed by atoms with van der Waals surface area (Å²) in [5.41, 5.74) is 5.21. The topological polar surface area (TPSA) is 163 Å². The van der Waals surface area contributed by atoms with Crippen LogP contribution in [0.5, 0.6) is 0 Å². The number of aliphatic hydroxyl groups is 4. The van der Waals surface area contributed by atoms with E-state index < -0.39 is 49.2 Å². The number of hydrogen-bond acceptors (Lipinski definition) is 8. The third-order valence-corrected chi connectivity index (χ3v) is 2.88. The molecule has 1 saturated heterocycles. The molecule has 1 fully saturated rings. The highest BCUT2D eigenvalue weighted by molar-refractivity contribution is 5.76. The second-order valence-corrected chi connectivity index (χ2v) is 4.29. The van der Waals surface area contributed by atoms with E-state index in [1.165, 1.54) is 0 Å². The molecule has 0 saturated carbocycles. The summed E-state index contributed by atoms with van der Waals surface area (Å²) in [6.45, 7) is -0.873. The van der Waals surface area contributed by atoms with Gasteiger partial charge in [0.1, 0.15) is 18.3 Å². The quantitative estimate of drug-likeness (QED) is 0.291. The first-order valence-corrected chi connectivity index (χ1v) is 5.78. The lowest BCUT2D eigenvalue weighted by Crippen LogP contribution is -2.62. The minimum atomic E-state index is -2.21. The molecule has 0 aliphatic carbocycles. The van der Waals surface area contributed by atoms with Crippen LogP contribution in [0.4, 0.5) is 0 Å². The van der Waals surface area contributed by atoms with Crippen molar-refractivity contribution in [2.45, 2.75) is 36.6 Å². The van der Waals surface area contributed by atoms with Crippen LogP contribution in [0, 0.1) is 0 Å². The Kier molecular flexibility index (Phi) is 5.62. The van der Waals surface area contributed by atoms with Crippen molar-refractivity contribution < 1.29 is 39.8 Å². The first kappa shape index (κ1) is 16.2. The highest BCUT2D eigenvalue weighted by Crippen LogP contribution is 2.32. The van der Waals surface area contributed by atoms with Crippen molar-refractivity contribution in [1.82, 2.24) is 0 Å². The molecular formula is C10H19NO8. The molecule has 0 aromatic carbocycles. The summed E-state index contributed by atoms with van der Waals surface area (Å²) in [6, 6.07) is 0. The summed E-state index contributed by atoms with van der Waals surface area (Å²) >= 11 is 0. The van der Waals surface area contributed by atoms with Crippen LogP contribution < -0.4 is 5.73 Å². The fourth-order valence-corrected chi connectivity index (χ4v) is 1.88. The van der Waals surface area contributed by atoms with Gasteiger partial charge in [-0.05, 0) is 0 Å². The molecule has 0 amide bonds. The Bertz CT molecular complexity index is 314. The van der Waals surface area contributed by atoms with Crippen LogP contribution in [-0.2, 0) is 14.3 Å². The number of carboxylic acid groups (broad SMARTS) is 1. The highest BCUT2D eigenvalue weighted by Gasteiger charge is 2.54. The highest BCUT2D eigenvalue weighted by atomic mass is 16.7. The second-order valence-electron chi connectivity index (χ2n) is 4.29. The number of carboxylic acids is 1. The van der Waals surface area contributed by atoms with Gasteiger partial charge in [0, 0.05) is 13.0 Å². The molecule has 9 nitrogen and oxygen atoms in total. The molecule has 0 radical (unpaired) electrons. The van der Waals surface area contributed by atoms with E-state index >= 15 is 0 Å². The van der Waals surface area contributed by atoms with Gasteiger partial charge in [-0.15, -0.1) is 0 Å². The smallest absolute Gasteiger partial charge is 0.364 e. The molecule has 1 heterocycles. The predicted octanol–water partition coefficient (Wildman–Crippen LogP) is -3.39. The third kappa shape index (κ3) is 3.39. The number of ether oxygens (including phenoxy) is 2. The standard InChI is InChI=1S/C10H19NO8/c11-1-2-18-10(9(16)17)3-5(13)7(15)8(19-10)6(14)4-12/h5-8,12-15H,1-4,11H2,(H,16,17). The maximum absolute atomic E-state index is 11.3. The van der Waals surface area contributed by atoms with Crippen LogP contribution >= 0.6 is 0 Å². The zero-order valence-corrected chi connectivity index (χ0v) is 10.2. The van der Waals surface area contributed by atoms with E-state index in [1.54, 1.807) is 0 Å². The average Bonchev–Trinajstić information content (AvgIpc) is 2.38. The van der Waals surface area contributed by atoms with Crippen LogP contribution in [0.2, 0.25) is 0 Å². The largest absolute Gasteiger partial charge is 0.477 e. The minimum absolute atomic E-state index is 0.0320. The van der Waals surface area contributed by atoms with E-state index in [0.29, 0.717) is 0 Å². The van der Waals surface area contributed by atoms with Crippen molar-refractivity contribution in [3.8, 4) is 0 Å². The fraction of sp³-hybridized carbons (Fsp3) is 0.900. The summed E-state index contributed by atoms with van der Waals surface area (Å²) in [4.78, 5) is 11.3. The molecule has 5 atom stereocenters. The molecule has 1 rings (SSSR count). The van der Waals surface area contributed by atoms with E-state index in [2.05, 4.69) is 0 Å². The van der Waals surface area contributed by atoms with Crippen molar-refractivity contribution in [2.75, 3.05) is 19.8 Å². The van der Waals surface area contributed by atoms with Crippen LogP contribution in [0.3, 0.4) is 0 Å². The van der Waals surface area contributed by atoms with Gasteiger partial charge in [-0.25, -0.2) is 4.79 Å². The molecule has 19 heavy (non-hydrogen) atoms. The van der Waals surface area contributed by atoms with Gasteiger partial charge in [-0.3, -0.25) is 0 Å². The van der Waals surface area contributed by atoms with Gasteiger partial charge in [-0.2, -0.15) is 0 Å². The van der Waals surface area contributed by atoms with Gasteiger partial charge in [0.25, 0.3) is 5.79 Å². The molecule has 0 spiro atoms. The molecule has 1 aliphatic rings. The number of nitrogens with two attached hydrogens (primary N) is 1. The van der Waals surface area contributed by atoms with E-state index in [0.717, 1.165) is 0 Å². The van der Waals surface area contributed by atoms with Gasteiger partial charge in [0.05, 0.1) is 19.3 Å². The van der Waals surface area contributed by atoms with Crippen molar-refractivity contribution in [3.05, 3.63) is 0 Å². The summed E-state index contributed by atoms with van der Waals surface area (Å²) in [5.74, 6) is -3.72. The number of aliphatic carboxylic acids is 1. The molecule has 1 aliphatic heterocycles. The molecule has 112 valence electrons. The summed E-state index contributed by atoms with van der Waals surface area (Å²) in [7, 11) is 0. The molecule has 0 aromatic rings. The Morgan fingerprint density at radius 1 is 1.53 bits per heavy atom. The van der Waals surface area contributed by atoms with Crippen LogP contribution in [0.1, 0.15) is 6.42 Å². The van der Waals surface area contributed by atoms with Crippen molar-refractivity contribution in [3.63, 3.8) is 0 Å². The molecule has 9 heteroatoms. The normalized spacial score (nSPS) is 37.0. The number of hydrogen-bond donors (Lipinski definition) is 6. The Morgan fingerprint density at radius 2 is 2.16 bits per heavy atom. The number of rotatable bonds is 6. The van der Waals surface area contributed by atoms with Crippen LogP contribution in [0.15, 0.2) is 0 Å². The Labute approximate surface area is 109 Å². The van der Waals surface area contributed by atoms with Gasteiger partial charge in [0.15, 0.2) is 0 Å². The third-order valence-electron chi connectivity index (χ3n) is 2.88. The van der Waals surface area contributed by atoms with Gasteiger partial charge < -0.3 is 40.7 Å². The maximum Gasteiger partial charge on any atom is 0.364 e. The molecule has 0 bridgehead atoms. The fourth-order valence-electron chi connectivity index (χ4n) is 1.88. The Morgan fingerprint density at radius 3 is 2.63 bits per heavy atom. The monoisotopic (exact) mass is 281 g/mol. The minimum Gasteiger partial charge on any atom is -0.477 e. The summed E-state index contributed by atoms with van der Waals surface area (Å²) < 4.78 is 10.1. The lowest BCUT2D eigenvalue weighted by atomic mass is 9.92.